The number of benzene rings is 1. The van der Waals surface area contributed by atoms with Crippen LogP contribution in [0.3, 0.4) is 0 Å². The summed E-state index contributed by atoms with van der Waals surface area (Å²) in [5.74, 6) is 2.13. The number of fused-ring (bicyclic) bond motifs is 1. The molecule has 0 spiro atoms. The molecule has 2 heterocycles. The average Bonchev–Trinajstić information content (AvgIpc) is 3.13. The minimum absolute atomic E-state index is 0.148. The fourth-order valence-corrected chi connectivity index (χ4v) is 5.39. The van der Waals surface area contributed by atoms with E-state index in [4.69, 9.17) is 9.72 Å². The molecule has 1 amide bonds. The molecule has 1 aromatic carbocycles. The van der Waals surface area contributed by atoms with Crippen LogP contribution in [-0.2, 0) is 4.79 Å². The predicted octanol–water partition coefficient (Wildman–Crippen LogP) is 4.61. The van der Waals surface area contributed by atoms with Crippen molar-refractivity contribution in [2.45, 2.75) is 58.4 Å². The first kappa shape index (κ1) is 19.5. The van der Waals surface area contributed by atoms with Gasteiger partial charge in [0.05, 0.1) is 16.8 Å². The van der Waals surface area contributed by atoms with E-state index in [9.17, 15) is 4.79 Å². The number of carbonyl (C=O) groups excluding carboxylic acids is 1. The molecule has 1 aliphatic heterocycles. The third-order valence-electron chi connectivity index (χ3n) is 6.16. The molecule has 0 radical (unpaired) electrons. The van der Waals surface area contributed by atoms with E-state index in [2.05, 4.69) is 23.2 Å². The van der Waals surface area contributed by atoms with Gasteiger partial charge in [-0.25, -0.2) is 4.98 Å². The lowest BCUT2D eigenvalue weighted by atomic mass is 9.86. The first-order valence-electron chi connectivity index (χ1n) is 10.7. The summed E-state index contributed by atoms with van der Waals surface area (Å²) in [5.41, 5.74) is 1.02. The standard InChI is InChI=1S/C22H31N3O2S/c1-3-27-18-8-9-19-20(14-18)28-22(24-19)25-12-10-16(11-13-25)21(26)23-17-6-4-15(2)5-7-17/h8-9,14-17H,3-7,10-13H2,1-2H3,(H,23,26). The number of thiazole rings is 1. The van der Waals surface area contributed by atoms with Crippen LogP contribution in [-0.4, -0.2) is 36.6 Å². The molecule has 2 fully saturated rings. The highest BCUT2D eigenvalue weighted by molar-refractivity contribution is 7.22. The van der Waals surface area contributed by atoms with Gasteiger partial charge in [0.2, 0.25) is 5.91 Å². The molecule has 2 aliphatic rings. The lowest BCUT2D eigenvalue weighted by Gasteiger charge is -2.33. The molecule has 0 atom stereocenters. The van der Waals surface area contributed by atoms with Gasteiger partial charge < -0.3 is 15.0 Å². The second-order valence-electron chi connectivity index (χ2n) is 8.29. The highest BCUT2D eigenvalue weighted by Crippen LogP contribution is 2.33. The second kappa shape index (κ2) is 8.68. The number of hydrogen-bond acceptors (Lipinski definition) is 5. The molecule has 152 valence electrons. The van der Waals surface area contributed by atoms with Gasteiger partial charge in [0.15, 0.2) is 5.13 Å². The Kier molecular flexibility index (Phi) is 6.04. The third-order valence-corrected chi connectivity index (χ3v) is 7.24. The summed E-state index contributed by atoms with van der Waals surface area (Å²) < 4.78 is 6.76. The van der Waals surface area contributed by atoms with Crippen molar-refractivity contribution in [2.24, 2.45) is 11.8 Å². The van der Waals surface area contributed by atoms with Crippen LogP contribution < -0.4 is 15.0 Å². The summed E-state index contributed by atoms with van der Waals surface area (Å²) in [5, 5.41) is 4.38. The van der Waals surface area contributed by atoms with E-state index in [1.54, 1.807) is 11.3 Å². The van der Waals surface area contributed by atoms with Gasteiger partial charge in [-0.3, -0.25) is 4.79 Å². The van der Waals surface area contributed by atoms with Crippen LogP contribution in [0.25, 0.3) is 10.2 Å². The topological polar surface area (TPSA) is 54.5 Å². The maximum Gasteiger partial charge on any atom is 0.223 e. The van der Waals surface area contributed by atoms with Crippen LogP contribution in [0.15, 0.2) is 18.2 Å². The third kappa shape index (κ3) is 4.43. The van der Waals surface area contributed by atoms with Crippen molar-refractivity contribution in [1.82, 2.24) is 10.3 Å². The van der Waals surface area contributed by atoms with Gasteiger partial charge in [0, 0.05) is 25.0 Å². The van der Waals surface area contributed by atoms with E-state index >= 15 is 0 Å². The summed E-state index contributed by atoms with van der Waals surface area (Å²) in [4.78, 5) is 19.8. The van der Waals surface area contributed by atoms with Crippen LogP contribution in [0.5, 0.6) is 5.75 Å². The Morgan fingerprint density at radius 3 is 2.68 bits per heavy atom. The maximum atomic E-state index is 12.7. The summed E-state index contributed by atoms with van der Waals surface area (Å²) in [6.07, 6.45) is 6.59. The molecule has 0 bridgehead atoms. The summed E-state index contributed by atoms with van der Waals surface area (Å²) in [6, 6.07) is 6.49. The number of amides is 1. The second-order valence-corrected chi connectivity index (χ2v) is 9.29. The largest absolute Gasteiger partial charge is 0.494 e. The Bertz CT molecular complexity index is 805. The Morgan fingerprint density at radius 1 is 1.21 bits per heavy atom. The zero-order valence-electron chi connectivity index (χ0n) is 16.9. The van der Waals surface area contributed by atoms with Crippen molar-refractivity contribution in [1.29, 1.82) is 0 Å². The van der Waals surface area contributed by atoms with Gasteiger partial charge >= 0.3 is 0 Å². The molecule has 1 N–H and O–H groups in total. The Labute approximate surface area is 171 Å². The van der Waals surface area contributed by atoms with E-state index in [-0.39, 0.29) is 11.8 Å². The molecule has 1 aliphatic carbocycles. The van der Waals surface area contributed by atoms with Gasteiger partial charge in [0.1, 0.15) is 5.75 Å². The van der Waals surface area contributed by atoms with E-state index < -0.39 is 0 Å². The Balaban J connectivity index is 1.32. The predicted molar refractivity (Wildman–Crippen MR) is 115 cm³/mol. The fraction of sp³-hybridized carbons (Fsp3) is 0.636. The minimum Gasteiger partial charge on any atom is -0.494 e. The van der Waals surface area contributed by atoms with Crippen molar-refractivity contribution in [3.63, 3.8) is 0 Å². The molecule has 0 unspecified atom stereocenters. The van der Waals surface area contributed by atoms with Crippen molar-refractivity contribution in [3.8, 4) is 5.75 Å². The number of anilines is 1. The van der Waals surface area contributed by atoms with E-state index in [0.717, 1.165) is 65.8 Å². The number of hydrogen-bond donors (Lipinski definition) is 1. The van der Waals surface area contributed by atoms with Gasteiger partial charge in [-0.2, -0.15) is 0 Å². The fourth-order valence-electron chi connectivity index (χ4n) is 4.34. The highest BCUT2D eigenvalue weighted by atomic mass is 32.1. The van der Waals surface area contributed by atoms with Gasteiger partial charge in [-0.15, -0.1) is 0 Å². The number of carbonyl (C=O) groups is 1. The normalized spacial score (nSPS) is 23.7. The monoisotopic (exact) mass is 401 g/mol. The molecule has 1 aromatic heterocycles. The molecular formula is C22H31N3O2S. The first-order chi connectivity index (χ1) is 13.6. The summed E-state index contributed by atoms with van der Waals surface area (Å²) in [6.45, 7) is 6.79. The number of piperidine rings is 1. The van der Waals surface area contributed by atoms with E-state index in [1.165, 1.54) is 12.8 Å². The lowest BCUT2D eigenvalue weighted by Crippen LogP contribution is -2.44. The SMILES string of the molecule is CCOc1ccc2nc(N3CCC(C(=O)NC4CCC(C)CC4)CC3)sc2c1. The smallest absolute Gasteiger partial charge is 0.223 e. The minimum atomic E-state index is 0.148. The molecule has 2 aromatic rings. The molecule has 4 rings (SSSR count). The number of aromatic nitrogens is 1. The van der Waals surface area contributed by atoms with Crippen LogP contribution in [0.2, 0.25) is 0 Å². The molecular weight excluding hydrogens is 370 g/mol. The van der Waals surface area contributed by atoms with Crippen LogP contribution >= 0.6 is 11.3 Å². The Morgan fingerprint density at radius 2 is 1.96 bits per heavy atom. The molecule has 6 heteroatoms. The number of nitrogens with one attached hydrogen (secondary N) is 1. The van der Waals surface area contributed by atoms with Gasteiger partial charge in [-0.1, -0.05) is 18.3 Å². The van der Waals surface area contributed by atoms with Crippen molar-refractivity contribution < 1.29 is 9.53 Å². The number of nitrogens with zero attached hydrogens (tertiary/aromatic N) is 2. The first-order valence-corrected chi connectivity index (χ1v) is 11.5. The lowest BCUT2D eigenvalue weighted by molar-refractivity contribution is -0.126. The van der Waals surface area contributed by atoms with Crippen molar-refractivity contribution in [3.05, 3.63) is 18.2 Å². The molecule has 1 saturated heterocycles. The summed E-state index contributed by atoms with van der Waals surface area (Å²) in [7, 11) is 0. The summed E-state index contributed by atoms with van der Waals surface area (Å²) >= 11 is 1.72. The molecule has 5 nitrogen and oxygen atoms in total. The highest BCUT2D eigenvalue weighted by Gasteiger charge is 2.28. The number of ether oxygens (including phenoxy) is 1. The van der Waals surface area contributed by atoms with Gasteiger partial charge in [0.25, 0.3) is 0 Å². The maximum absolute atomic E-state index is 12.7. The van der Waals surface area contributed by atoms with E-state index in [1.807, 2.05) is 19.1 Å². The van der Waals surface area contributed by atoms with Crippen molar-refractivity contribution >= 4 is 32.6 Å². The zero-order chi connectivity index (χ0) is 19.5. The Hall–Kier alpha value is -1.82. The zero-order valence-corrected chi connectivity index (χ0v) is 17.8. The van der Waals surface area contributed by atoms with Gasteiger partial charge in [-0.05, 0) is 69.6 Å². The van der Waals surface area contributed by atoms with E-state index in [0.29, 0.717) is 12.6 Å². The molecule has 1 saturated carbocycles. The molecule has 28 heavy (non-hydrogen) atoms. The van der Waals surface area contributed by atoms with Crippen LogP contribution in [0.4, 0.5) is 5.13 Å². The number of rotatable bonds is 5. The van der Waals surface area contributed by atoms with Crippen LogP contribution in [0.1, 0.15) is 52.4 Å². The average molecular weight is 402 g/mol. The van der Waals surface area contributed by atoms with Crippen molar-refractivity contribution in [2.75, 3.05) is 24.6 Å². The van der Waals surface area contributed by atoms with Crippen LogP contribution in [0, 0.1) is 11.8 Å². The quantitative estimate of drug-likeness (QED) is 0.795.